The molecule has 3 aliphatic carbocycles. The molecule has 2 aliphatic heterocycles. The number of carbonyl (C=O) groups excluding carboxylic acids is 1. The van der Waals surface area contributed by atoms with Crippen molar-refractivity contribution in [3.63, 3.8) is 0 Å². The Balaban J connectivity index is 1.34. The summed E-state index contributed by atoms with van der Waals surface area (Å²) >= 11 is -0.419. The van der Waals surface area contributed by atoms with E-state index in [2.05, 4.69) is 20.1 Å². The molecule has 35 heavy (non-hydrogen) atoms. The number of fused-ring (bicyclic) bond motifs is 1. The van der Waals surface area contributed by atoms with Gasteiger partial charge >= 0.3 is 218 Å². The van der Waals surface area contributed by atoms with Crippen molar-refractivity contribution in [2.75, 3.05) is 19.7 Å². The average Bonchev–Trinajstić information content (AvgIpc) is 3.32. The number of aliphatic hydroxyl groups is 1. The minimum absolute atomic E-state index is 0.0151. The molecule has 5 unspecified atom stereocenters. The molecule has 7 heteroatoms. The zero-order chi connectivity index (χ0) is 23.9. The van der Waals surface area contributed by atoms with Crippen LogP contribution in [0.2, 0.25) is 0 Å². The van der Waals surface area contributed by atoms with Crippen LogP contribution in [0.25, 0.3) is 0 Å². The Morgan fingerprint density at radius 2 is 2.03 bits per heavy atom. The molecule has 2 saturated heterocycles. The summed E-state index contributed by atoms with van der Waals surface area (Å²) in [5, 5.41) is 20.3. The number of rotatable bonds is 4. The third-order valence-electron chi connectivity index (χ3n) is 10.0. The summed E-state index contributed by atoms with van der Waals surface area (Å²) < 4.78 is 2.90. The summed E-state index contributed by atoms with van der Waals surface area (Å²) in [7, 11) is 0. The van der Waals surface area contributed by atoms with Gasteiger partial charge in [-0.1, -0.05) is 0 Å². The van der Waals surface area contributed by atoms with Gasteiger partial charge in [0.05, 0.1) is 0 Å². The molecule has 2 heterocycles. The number of aromatic hydroxyl groups is 1. The quantitative estimate of drug-likeness (QED) is 0.250. The van der Waals surface area contributed by atoms with E-state index in [1.54, 1.807) is 0 Å². The van der Waals surface area contributed by atoms with Crippen molar-refractivity contribution in [2.24, 2.45) is 17.1 Å². The molecule has 2 saturated carbocycles. The zero-order valence-electron chi connectivity index (χ0n) is 19.8. The third-order valence-corrected chi connectivity index (χ3v) is 13.7. The van der Waals surface area contributed by atoms with Gasteiger partial charge < -0.3 is 0 Å². The Morgan fingerprint density at radius 1 is 1.20 bits per heavy atom. The van der Waals surface area contributed by atoms with Crippen molar-refractivity contribution in [3.05, 3.63) is 65.2 Å². The standard InChI is InChI=1S/C28H33IN3O3/c30-19(16-33)15-31-11-10-28-21-13-20(34)7-6-18(21)12-24(31)27(28)9-8-23-25(28)22(14-27)29-32(23)26(35)17-4-2-1-3-5-17/h1-7,13,19,22-25,33-34H,8-12,14-16,30H2/q-1/t19-,22-,23?,24?,25?,27?,28?/m0/s1. The van der Waals surface area contributed by atoms with Crippen LogP contribution in [-0.4, -0.2) is 65.9 Å². The second-order valence-electron chi connectivity index (χ2n) is 11.3. The average molecular weight is 586 g/mol. The molecule has 4 fully saturated rings. The van der Waals surface area contributed by atoms with Crippen LogP contribution >= 0.6 is 0 Å². The topological polar surface area (TPSA) is 90.0 Å². The number of carbonyl (C=O) groups is 1. The van der Waals surface area contributed by atoms with Crippen LogP contribution in [-0.2, 0) is 11.8 Å². The summed E-state index contributed by atoms with van der Waals surface area (Å²) in [6, 6.07) is 16.4. The number of hydrogen-bond donors (Lipinski definition) is 3. The fourth-order valence-corrected chi connectivity index (χ4v) is 13.7. The monoisotopic (exact) mass is 586 g/mol. The van der Waals surface area contributed by atoms with Gasteiger partial charge in [0.2, 0.25) is 0 Å². The van der Waals surface area contributed by atoms with Crippen LogP contribution in [0.1, 0.15) is 47.2 Å². The molecule has 4 bridgehead atoms. The number of phenolic OH excluding ortho intramolecular Hbond substituents is 1. The van der Waals surface area contributed by atoms with Crippen molar-refractivity contribution in [2.45, 2.75) is 59.6 Å². The van der Waals surface area contributed by atoms with E-state index < -0.39 is 21.5 Å². The van der Waals surface area contributed by atoms with Gasteiger partial charge in [0.15, 0.2) is 0 Å². The van der Waals surface area contributed by atoms with Gasteiger partial charge in [-0.3, -0.25) is 0 Å². The van der Waals surface area contributed by atoms with Crippen LogP contribution in [0.5, 0.6) is 5.75 Å². The van der Waals surface area contributed by atoms with Crippen LogP contribution in [0.3, 0.4) is 0 Å². The Labute approximate surface area is 217 Å². The van der Waals surface area contributed by atoms with Gasteiger partial charge in [-0.2, -0.15) is 0 Å². The fourth-order valence-electron chi connectivity index (χ4n) is 8.92. The summed E-state index contributed by atoms with van der Waals surface area (Å²) in [5.41, 5.74) is 9.99. The number of halogens is 1. The summed E-state index contributed by atoms with van der Waals surface area (Å²) in [6.07, 6.45) is 5.42. The number of alkyl halides is 1. The molecule has 7 rings (SSSR count). The van der Waals surface area contributed by atoms with Gasteiger partial charge in [-0.05, 0) is 0 Å². The molecule has 2 aromatic rings. The van der Waals surface area contributed by atoms with Crippen LogP contribution in [0.15, 0.2) is 48.5 Å². The molecule has 186 valence electrons. The molecule has 4 N–H and O–H groups in total. The van der Waals surface area contributed by atoms with Gasteiger partial charge in [-0.15, -0.1) is 0 Å². The molecule has 2 aromatic carbocycles. The van der Waals surface area contributed by atoms with Crippen molar-refractivity contribution < 1.29 is 36.5 Å². The van der Waals surface area contributed by atoms with E-state index in [4.69, 9.17) is 5.73 Å². The van der Waals surface area contributed by atoms with Gasteiger partial charge in [0.25, 0.3) is 0 Å². The van der Waals surface area contributed by atoms with E-state index in [1.165, 1.54) is 17.5 Å². The second-order valence-corrected chi connectivity index (χ2v) is 14.5. The SMILES string of the molecule is N[C@H](CO)CN1CCC23c4cc(O)ccc4CC1C21CCC2C3[C@H](C1)[I-]N2C(=O)c1ccccc1. The number of hydrogen-bond acceptors (Lipinski definition) is 5. The van der Waals surface area contributed by atoms with Gasteiger partial charge in [0, 0.05) is 0 Å². The number of nitrogens with two attached hydrogens (primary N) is 1. The Morgan fingerprint density at radius 3 is 2.83 bits per heavy atom. The maximum absolute atomic E-state index is 13.7. The molecular formula is C28H33IN3O3-. The van der Waals surface area contributed by atoms with Crippen LogP contribution < -0.4 is 27.2 Å². The van der Waals surface area contributed by atoms with E-state index >= 15 is 0 Å². The van der Waals surface area contributed by atoms with Crippen LogP contribution in [0.4, 0.5) is 0 Å². The molecular weight excluding hydrogens is 553 g/mol. The second kappa shape index (κ2) is 7.91. The Bertz CT molecular complexity index is 1180. The van der Waals surface area contributed by atoms with Gasteiger partial charge in [0.1, 0.15) is 0 Å². The molecule has 0 radical (unpaired) electrons. The minimum atomic E-state index is -0.419. The number of likely N-dealkylation sites (tertiary alicyclic amines) is 1. The maximum atomic E-state index is 13.7. The number of piperidine rings is 1. The fraction of sp³-hybridized carbons (Fsp3) is 0.536. The summed E-state index contributed by atoms with van der Waals surface area (Å²) in [6.45, 7) is 1.72. The first kappa shape index (κ1) is 22.5. The normalized spacial score (nSPS) is 37.8. The van der Waals surface area contributed by atoms with E-state index in [1.807, 2.05) is 36.4 Å². The first-order valence-corrected chi connectivity index (χ1v) is 15.1. The predicted octanol–water partition coefficient (Wildman–Crippen LogP) is -0.723. The number of nitrogens with zero attached hydrogens (tertiary/aromatic N) is 2. The first-order valence-electron chi connectivity index (χ1n) is 12.9. The number of benzene rings is 2. The van der Waals surface area contributed by atoms with E-state index in [9.17, 15) is 15.0 Å². The summed E-state index contributed by atoms with van der Waals surface area (Å²) in [5.74, 6) is 1.06. The number of amides is 1. The molecule has 0 spiro atoms. The molecule has 5 aliphatic rings. The predicted molar refractivity (Wildman–Crippen MR) is 128 cm³/mol. The number of aliphatic hydroxyl groups excluding tert-OH is 1. The molecule has 1 amide bonds. The first-order chi connectivity index (χ1) is 17.0. The third kappa shape index (κ3) is 2.89. The molecule has 7 atom stereocenters. The Hall–Kier alpha value is -1.68. The van der Waals surface area contributed by atoms with Crippen LogP contribution in [0, 0.1) is 11.3 Å². The van der Waals surface area contributed by atoms with E-state index in [-0.39, 0.29) is 29.4 Å². The molecule has 0 aromatic heterocycles. The van der Waals surface area contributed by atoms with E-state index in [0.29, 0.717) is 27.7 Å². The van der Waals surface area contributed by atoms with Crippen molar-refractivity contribution >= 4 is 5.91 Å². The number of phenols is 1. The van der Waals surface area contributed by atoms with E-state index in [0.717, 1.165) is 44.3 Å². The van der Waals surface area contributed by atoms with Gasteiger partial charge in [-0.25, -0.2) is 0 Å². The Kier molecular flexibility index (Phi) is 5.09. The molecule has 6 nitrogen and oxygen atoms in total. The van der Waals surface area contributed by atoms with Crippen molar-refractivity contribution in [1.82, 2.24) is 8.01 Å². The summed E-state index contributed by atoms with van der Waals surface area (Å²) in [4.78, 5) is 16.3. The van der Waals surface area contributed by atoms with Crippen molar-refractivity contribution in [3.8, 4) is 5.75 Å². The van der Waals surface area contributed by atoms with Crippen molar-refractivity contribution in [1.29, 1.82) is 0 Å². The zero-order valence-corrected chi connectivity index (χ0v) is 22.0.